The number of halogens is 1. The van der Waals surface area contributed by atoms with Gasteiger partial charge in [0.15, 0.2) is 0 Å². The van der Waals surface area contributed by atoms with Gasteiger partial charge in [0.1, 0.15) is 0 Å². The van der Waals surface area contributed by atoms with E-state index in [1.807, 2.05) is 0 Å². The third-order valence-corrected chi connectivity index (χ3v) is 3.57. The Kier molecular flexibility index (Phi) is 4.19. The highest BCUT2D eigenvalue weighted by Crippen LogP contribution is 2.15. The predicted molar refractivity (Wildman–Crippen MR) is 73.4 cm³/mol. The second kappa shape index (κ2) is 5.65. The number of piperidine rings is 1. The Hall–Kier alpha value is -0.600. The van der Waals surface area contributed by atoms with E-state index < -0.39 is 0 Å². The molecule has 1 N–H and O–H groups in total. The zero-order valence-corrected chi connectivity index (χ0v) is 11.2. The summed E-state index contributed by atoms with van der Waals surface area (Å²) in [5, 5.41) is 3.60. The molecule has 1 aromatic rings. The van der Waals surface area contributed by atoms with Crippen LogP contribution in [0.5, 0.6) is 0 Å². The highest BCUT2D eigenvalue weighted by molar-refractivity contribution is 9.10. The molecule has 1 saturated heterocycles. The van der Waals surface area contributed by atoms with Crippen LogP contribution in [-0.4, -0.2) is 12.1 Å². The molecule has 0 aromatic heterocycles. The van der Waals surface area contributed by atoms with Crippen molar-refractivity contribution in [1.82, 2.24) is 5.32 Å². The Bertz CT molecular complexity index is 356. The van der Waals surface area contributed by atoms with Crippen molar-refractivity contribution in [2.45, 2.75) is 38.3 Å². The lowest BCUT2D eigenvalue weighted by molar-refractivity contribution is 0.375. The van der Waals surface area contributed by atoms with E-state index in [0.29, 0.717) is 12.1 Å². The van der Waals surface area contributed by atoms with Crippen molar-refractivity contribution < 1.29 is 0 Å². The van der Waals surface area contributed by atoms with Crippen molar-refractivity contribution in [3.8, 4) is 0 Å². The van der Waals surface area contributed by atoms with E-state index in [1.54, 1.807) is 0 Å². The second-order valence-electron chi connectivity index (χ2n) is 4.52. The minimum atomic E-state index is 0.549. The third-order valence-electron chi connectivity index (χ3n) is 3.04. The van der Waals surface area contributed by atoms with Gasteiger partial charge in [-0.1, -0.05) is 46.6 Å². The summed E-state index contributed by atoms with van der Waals surface area (Å²) in [4.78, 5) is 0. The number of rotatable bonds is 2. The lowest BCUT2D eigenvalue weighted by Crippen LogP contribution is -2.39. The summed E-state index contributed by atoms with van der Waals surface area (Å²) in [5.41, 5.74) is 1.27. The summed E-state index contributed by atoms with van der Waals surface area (Å²) in [6.45, 7) is 2.26. The van der Waals surface area contributed by atoms with Crippen LogP contribution in [0.2, 0.25) is 0 Å². The van der Waals surface area contributed by atoms with Crippen LogP contribution in [0.25, 0.3) is 6.08 Å². The molecule has 1 aliphatic heterocycles. The molecule has 1 heterocycles. The van der Waals surface area contributed by atoms with Crippen molar-refractivity contribution in [1.29, 1.82) is 0 Å². The van der Waals surface area contributed by atoms with Crippen LogP contribution < -0.4 is 5.32 Å². The summed E-state index contributed by atoms with van der Waals surface area (Å²) < 4.78 is 1.13. The molecular weight excluding hydrogens is 262 g/mol. The Morgan fingerprint density at radius 2 is 2.00 bits per heavy atom. The van der Waals surface area contributed by atoms with E-state index in [2.05, 4.69) is 64.6 Å². The van der Waals surface area contributed by atoms with E-state index in [9.17, 15) is 0 Å². The highest BCUT2D eigenvalue weighted by atomic mass is 79.9. The van der Waals surface area contributed by atoms with Crippen molar-refractivity contribution in [3.63, 3.8) is 0 Å². The minimum Gasteiger partial charge on any atom is -0.308 e. The van der Waals surface area contributed by atoms with Crippen LogP contribution in [0.1, 0.15) is 31.7 Å². The van der Waals surface area contributed by atoms with Crippen molar-refractivity contribution in [2.24, 2.45) is 0 Å². The second-order valence-corrected chi connectivity index (χ2v) is 5.43. The number of hydrogen-bond acceptors (Lipinski definition) is 1. The van der Waals surface area contributed by atoms with Crippen LogP contribution in [0, 0.1) is 0 Å². The molecule has 1 aliphatic rings. The largest absolute Gasteiger partial charge is 0.308 e. The summed E-state index contributed by atoms with van der Waals surface area (Å²) in [5.74, 6) is 0. The summed E-state index contributed by atoms with van der Waals surface area (Å²) >= 11 is 3.44. The molecule has 0 radical (unpaired) electrons. The first-order valence-electron chi connectivity index (χ1n) is 5.94. The van der Waals surface area contributed by atoms with Crippen molar-refractivity contribution in [2.75, 3.05) is 0 Å². The Morgan fingerprint density at radius 3 is 2.69 bits per heavy atom. The van der Waals surface area contributed by atoms with Crippen molar-refractivity contribution >= 4 is 22.0 Å². The number of nitrogens with one attached hydrogen (secondary N) is 1. The topological polar surface area (TPSA) is 12.0 Å². The van der Waals surface area contributed by atoms with Gasteiger partial charge in [0.2, 0.25) is 0 Å². The molecule has 16 heavy (non-hydrogen) atoms. The normalized spacial score (nSPS) is 26.1. The quantitative estimate of drug-likeness (QED) is 0.863. The Morgan fingerprint density at radius 1 is 1.25 bits per heavy atom. The van der Waals surface area contributed by atoms with Gasteiger partial charge in [-0.2, -0.15) is 0 Å². The predicted octanol–water partition coefficient (Wildman–Crippen LogP) is 3.99. The van der Waals surface area contributed by atoms with Crippen molar-refractivity contribution in [3.05, 3.63) is 40.4 Å². The van der Waals surface area contributed by atoms with Crippen LogP contribution in [0.4, 0.5) is 0 Å². The summed E-state index contributed by atoms with van der Waals surface area (Å²) in [7, 11) is 0. The standard InChI is InChI=1S/C14H18BrN/c1-11-3-2-4-14(16-11)10-7-12-5-8-13(15)9-6-12/h5-11,14,16H,2-4H2,1H3/b10-7+. The maximum atomic E-state index is 3.60. The fourth-order valence-corrected chi connectivity index (χ4v) is 2.39. The molecule has 1 aromatic carbocycles. The minimum absolute atomic E-state index is 0.549. The van der Waals surface area contributed by atoms with Crippen LogP contribution >= 0.6 is 15.9 Å². The lowest BCUT2D eigenvalue weighted by atomic mass is 9.99. The summed E-state index contributed by atoms with van der Waals surface area (Å²) in [6, 6.07) is 9.63. The van der Waals surface area contributed by atoms with Crippen LogP contribution in [0.3, 0.4) is 0 Å². The van der Waals surface area contributed by atoms with E-state index in [0.717, 1.165) is 4.47 Å². The van der Waals surface area contributed by atoms with E-state index in [1.165, 1.54) is 24.8 Å². The van der Waals surface area contributed by atoms with Gasteiger partial charge in [-0.15, -0.1) is 0 Å². The first-order chi connectivity index (χ1) is 7.74. The third kappa shape index (κ3) is 3.46. The molecule has 0 bridgehead atoms. The molecule has 2 heteroatoms. The highest BCUT2D eigenvalue weighted by Gasteiger charge is 2.14. The Labute approximate surface area is 106 Å². The van der Waals surface area contributed by atoms with E-state index >= 15 is 0 Å². The zero-order valence-electron chi connectivity index (χ0n) is 9.62. The monoisotopic (exact) mass is 279 g/mol. The average Bonchev–Trinajstić information content (AvgIpc) is 2.28. The SMILES string of the molecule is CC1CCCC(/C=C/c2ccc(Br)cc2)N1. The molecule has 86 valence electrons. The fourth-order valence-electron chi connectivity index (χ4n) is 2.13. The molecule has 2 unspecified atom stereocenters. The molecular formula is C14H18BrN. The summed E-state index contributed by atoms with van der Waals surface area (Å²) in [6.07, 6.45) is 8.41. The van der Waals surface area contributed by atoms with Gasteiger partial charge in [0, 0.05) is 16.6 Å². The van der Waals surface area contributed by atoms with Gasteiger partial charge >= 0.3 is 0 Å². The van der Waals surface area contributed by atoms with Gasteiger partial charge in [0.05, 0.1) is 0 Å². The molecule has 0 aliphatic carbocycles. The van der Waals surface area contributed by atoms with E-state index in [4.69, 9.17) is 0 Å². The average molecular weight is 280 g/mol. The smallest absolute Gasteiger partial charge is 0.0255 e. The number of benzene rings is 1. The van der Waals surface area contributed by atoms with Gasteiger partial charge in [0.25, 0.3) is 0 Å². The molecule has 2 rings (SSSR count). The lowest BCUT2D eigenvalue weighted by Gasteiger charge is -2.26. The molecule has 1 fully saturated rings. The molecule has 0 amide bonds. The van der Waals surface area contributed by atoms with Crippen LogP contribution in [0.15, 0.2) is 34.8 Å². The number of hydrogen-bond donors (Lipinski definition) is 1. The van der Waals surface area contributed by atoms with Gasteiger partial charge in [-0.25, -0.2) is 0 Å². The van der Waals surface area contributed by atoms with Gasteiger partial charge < -0.3 is 5.32 Å². The zero-order chi connectivity index (χ0) is 11.4. The van der Waals surface area contributed by atoms with Gasteiger partial charge in [-0.05, 0) is 37.5 Å². The molecule has 1 nitrogen and oxygen atoms in total. The van der Waals surface area contributed by atoms with Crippen LogP contribution in [-0.2, 0) is 0 Å². The van der Waals surface area contributed by atoms with E-state index in [-0.39, 0.29) is 0 Å². The first-order valence-corrected chi connectivity index (χ1v) is 6.73. The maximum absolute atomic E-state index is 3.60. The maximum Gasteiger partial charge on any atom is 0.0255 e. The Balaban J connectivity index is 1.95. The molecule has 0 saturated carbocycles. The van der Waals surface area contributed by atoms with Gasteiger partial charge in [-0.3, -0.25) is 0 Å². The fraction of sp³-hybridized carbons (Fsp3) is 0.429. The molecule has 0 spiro atoms. The first kappa shape index (κ1) is 11.9. The molecule has 2 atom stereocenters.